The van der Waals surface area contributed by atoms with Crippen molar-refractivity contribution >= 4 is 17.7 Å². The Morgan fingerprint density at radius 3 is 2.35 bits per heavy atom. The van der Waals surface area contributed by atoms with Gasteiger partial charge in [0.1, 0.15) is 11.6 Å². The molecule has 5 aliphatic heterocycles. The van der Waals surface area contributed by atoms with Crippen LogP contribution in [-0.4, -0.2) is 125 Å². The first-order chi connectivity index (χ1) is 19.4. The number of morpholine rings is 1. The van der Waals surface area contributed by atoms with Crippen molar-refractivity contribution < 1.29 is 29.0 Å². The third-order valence-corrected chi connectivity index (χ3v) is 9.07. The maximum Gasteiger partial charge on any atom is 0.249 e. The van der Waals surface area contributed by atoms with Crippen LogP contribution in [0.25, 0.3) is 0 Å². The second-order valence-electron chi connectivity index (χ2n) is 11.5. The van der Waals surface area contributed by atoms with Crippen molar-refractivity contribution in [2.75, 3.05) is 65.6 Å². The number of fused-ring (bicyclic) bond motifs is 2. The molecule has 3 amide bonds. The predicted octanol–water partition coefficient (Wildman–Crippen LogP) is 0.279. The fourth-order valence-electron chi connectivity index (χ4n) is 7.20. The molecule has 10 nitrogen and oxygen atoms in total. The van der Waals surface area contributed by atoms with Crippen molar-refractivity contribution in [3.8, 4) is 0 Å². The summed E-state index contributed by atoms with van der Waals surface area (Å²) < 4.78 is 12.3. The fraction of sp³-hybridized carbons (Fsp3) is 0.567. The molecule has 1 spiro atoms. The number of nitrogens with zero attached hydrogens (tertiary/aromatic N) is 4. The second-order valence-corrected chi connectivity index (χ2v) is 11.5. The number of rotatable bonds is 7. The zero-order valence-corrected chi connectivity index (χ0v) is 23.0. The minimum Gasteiger partial charge on any atom is -0.395 e. The number of aliphatic hydroxyl groups is 1. The molecule has 0 aliphatic carbocycles. The molecule has 40 heavy (non-hydrogen) atoms. The highest BCUT2D eigenvalue weighted by atomic mass is 16.5. The highest BCUT2D eigenvalue weighted by Crippen LogP contribution is 2.57. The van der Waals surface area contributed by atoms with Gasteiger partial charge in [-0.3, -0.25) is 19.3 Å². The van der Waals surface area contributed by atoms with Gasteiger partial charge in [-0.1, -0.05) is 54.6 Å². The summed E-state index contributed by atoms with van der Waals surface area (Å²) in [5, 5.41) is 9.90. The maximum absolute atomic E-state index is 14.2. The fourth-order valence-corrected chi connectivity index (χ4v) is 7.20. The molecule has 0 saturated carbocycles. The third kappa shape index (κ3) is 4.47. The molecule has 1 aromatic rings. The van der Waals surface area contributed by atoms with Crippen LogP contribution in [0.4, 0.5) is 0 Å². The van der Waals surface area contributed by atoms with Crippen molar-refractivity contribution in [1.82, 2.24) is 19.6 Å². The minimum atomic E-state index is -1.30. The van der Waals surface area contributed by atoms with Gasteiger partial charge in [0.25, 0.3) is 0 Å². The van der Waals surface area contributed by atoms with Crippen LogP contribution in [0.15, 0.2) is 54.6 Å². The van der Waals surface area contributed by atoms with Gasteiger partial charge in [0.2, 0.25) is 17.7 Å². The van der Waals surface area contributed by atoms with Crippen molar-refractivity contribution in [2.24, 2.45) is 11.8 Å². The van der Waals surface area contributed by atoms with Crippen LogP contribution in [0.1, 0.15) is 12.5 Å². The van der Waals surface area contributed by atoms with E-state index in [1.165, 1.54) is 4.90 Å². The number of ether oxygens (including phenoxy) is 2. The lowest BCUT2D eigenvalue weighted by Crippen LogP contribution is -2.57. The second kappa shape index (κ2) is 10.7. The first-order valence-corrected chi connectivity index (χ1v) is 14.3. The van der Waals surface area contributed by atoms with E-state index >= 15 is 0 Å². The first-order valence-electron chi connectivity index (χ1n) is 14.3. The molecule has 0 aromatic heterocycles. The number of hydrogen-bond donors (Lipinski definition) is 1. The Balaban J connectivity index is 1.32. The first kappa shape index (κ1) is 27.1. The molecule has 5 aliphatic rings. The summed E-state index contributed by atoms with van der Waals surface area (Å²) in [6, 6.07) is 8.82. The zero-order chi connectivity index (χ0) is 27.9. The van der Waals surface area contributed by atoms with Gasteiger partial charge in [-0.05, 0) is 12.5 Å². The average molecular weight is 551 g/mol. The van der Waals surface area contributed by atoms with Crippen LogP contribution in [0.3, 0.4) is 0 Å². The van der Waals surface area contributed by atoms with Crippen LogP contribution in [0.5, 0.6) is 0 Å². The van der Waals surface area contributed by atoms with Gasteiger partial charge in [0.05, 0.1) is 37.3 Å². The maximum atomic E-state index is 14.2. The molecule has 5 heterocycles. The third-order valence-electron chi connectivity index (χ3n) is 9.07. The number of amides is 3. The van der Waals surface area contributed by atoms with E-state index in [1.807, 2.05) is 61.6 Å². The summed E-state index contributed by atoms with van der Waals surface area (Å²) in [5.41, 5.74) is -1.36. The van der Waals surface area contributed by atoms with Crippen molar-refractivity contribution in [1.29, 1.82) is 0 Å². The van der Waals surface area contributed by atoms with Crippen LogP contribution < -0.4 is 0 Å². The number of likely N-dealkylation sites (tertiary alicyclic amines) is 1. The van der Waals surface area contributed by atoms with E-state index in [-0.39, 0.29) is 30.9 Å². The number of hydrogen-bond acceptors (Lipinski definition) is 7. The van der Waals surface area contributed by atoms with Crippen molar-refractivity contribution in [2.45, 2.75) is 30.7 Å². The monoisotopic (exact) mass is 550 g/mol. The Bertz CT molecular complexity index is 1200. The largest absolute Gasteiger partial charge is 0.395 e. The molecule has 3 saturated heterocycles. The SMILES string of the molecule is C[C@@]12C=CCN(Cc3ccccc3)C(=O)[C@@H]1[C@H]1C(=O)N(CCO)C3C(=O)N(CCN4CCOCC4)CC=C[C@@]31O2. The molecule has 10 heteroatoms. The number of benzene rings is 1. The molecule has 1 aromatic carbocycles. The van der Waals surface area contributed by atoms with E-state index in [1.54, 1.807) is 9.80 Å². The van der Waals surface area contributed by atoms with Crippen molar-refractivity contribution in [3.05, 3.63) is 60.2 Å². The summed E-state index contributed by atoms with van der Waals surface area (Å²) in [4.78, 5) is 49.8. The molecule has 214 valence electrons. The molecule has 5 atom stereocenters. The van der Waals surface area contributed by atoms with Gasteiger partial charge in [0, 0.05) is 52.4 Å². The standard InChI is InChI=1S/C30H38N4O6/c1-29-9-5-12-33(21-22-7-3-2-4-8-22)26(36)23(29)24-27(37)34(15-18-35)25-28(38)32(11-6-10-30(24,25)40-29)14-13-31-16-19-39-20-17-31/h2-10,23-25,35H,11-21H2,1H3/t23-,24-,25?,29+,30-/m0/s1. The van der Waals surface area contributed by atoms with Crippen molar-refractivity contribution in [3.63, 3.8) is 0 Å². The van der Waals surface area contributed by atoms with Gasteiger partial charge >= 0.3 is 0 Å². The van der Waals surface area contributed by atoms with Gasteiger partial charge in [-0.15, -0.1) is 0 Å². The zero-order valence-electron chi connectivity index (χ0n) is 23.0. The summed E-state index contributed by atoms with van der Waals surface area (Å²) in [6.07, 6.45) is 7.59. The number of β-amino-alcohol motifs (C(OH)–C–C–N with tert-alkyl or cyclic N) is 1. The summed E-state index contributed by atoms with van der Waals surface area (Å²) in [6.45, 7) is 6.99. The average Bonchev–Trinajstić information content (AvgIpc) is 3.22. The number of carbonyl (C=O) groups is 3. The molecular weight excluding hydrogens is 512 g/mol. The van der Waals surface area contributed by atoms with Crippen LogP contribution >= 0.6 is 0 Å². The van der Waals surface area contributed by atoms with Crippen LogP contribution in [-0.2, 0) is 30.4 Å². The Kier molecular flexibility index (Phi) is 7.28. The van der Waals surface area contributed by atoms with Gasteiger partial charge in [-0.2, -0.15) is 0 Å². The molecule has 3 fully saturated rings. The number of aliphatic hydroxyl groups excluding tert-OH is 1. The van der Waals surface area contributed by atoms with Crippen LogP contribution in [0, 0.1) is 11.8 Å². The Labute approximate surface area is 234 Å². The lowest BCUT2D eigenvalue weighted by molar-refractivity contribution is -0.153. The van der Waals surface area contributed by atoms with E-state index < -0.39 is 29.1 Å². The van der Waals surface area contributed by atoms with E-state index in [9.17, 15) is 19.5 Å². The quantitative estimate of drug-likeness (QED) is 0.487. The topological polar surface area (TPSA) is 103 Å². The normalized spacial score (nSPS) is 34.1. The van der Waals surface area contributed by atoms with Gasteiger partial charge in [0.15, 0.2) is 0 Å². The van der Waals surface area contributed by atoms with E-state index in [4.69, 9.17) is 9.47 Å². The lowest BCUT2D eigenvalue weighted by atomic mass is 9.74. The van der Waals surface area contributed by atoms with Gasteiger partial charge < -0.3 is 29.3 Å². The molecule has 1 unspecified atom stereocenters. The Morgan fingerprint density at radius 1 is 0.875 bits per heavy atom. The summed E-state index contributed by atoms with van der Waals surface area (Å²) >= 11 is 0. The molecule has 0 radical (unpaired) electrons. The smallest absolute Gasteiger partial charge is 0.249 e. The molecule has 0 bridgehead atoms. The molecular formula is C30H38N4O6. The van der Waals surface area contributed by atoms with Crippen LogP contribution in [0.2, 0.25) is 0 Å². The Morgan fingerprint density at radius 2 is 1.60 bits per heavy atom. The Hall–Kier alpha value is -3.05. The number of carbonyl (C=O) groups excluding carboxylic acids is 3. The van der Waals surface area contributed by atoms with E-state index in [0.29, 0.717) is 45.9 Å². The molecule has 6 rings (SSSR count). The minimum absolute atomic E-state index is 0.00316. The highest BCUT2D eigenvalue weighted by molar-refractivity contribution is 6.00. The van der Waals surface area contributed by atoms with Gasteiger partial charge in [-0.25, -0.2) is 0 Å². The summed E-state index contributed by atoms with van der Waals surface area (Å²) in [7, 11) is 0. The molecule has 1 N–H and O–H groups in total. The highest BCUT2D eigenvalue weighted by Gasteiger charge is 2.74. The van der Waals surface area contributed by atoms with E-state index in [2.05, 4.69) is 4.90 Å². The lowest BCUT2D eigenvalue weighted by Gasteiger charge is -2.37. The summed E-state index contributed by atoms with van der Waals surface area (Å²) in [5.74, 6) is -2.36. The predicted molar refractivity (Wildman–Crippen MR) is 146 cm³/mol. The van der Waals surface area contributed by atoms with E-state index in [0.717, 1.165) is 18.7 Å².